The van der Waals surface area contributed by atoms with Gasteiger partial charge in [0.2, 0.25) is 0 Å². The van der Waals surface area contributed by atoms with E-state index in [-0.39, 0.29) is 23.7 Å². The van der Waals surface area contributed by atoms with Crippen LogP contribution in [0.4, 0.5) is 18.0 Å². The summed E-state index contributed by atoms with van der Waals surface area (Å²) in [5, 5.41) is 4.58. The van der Waals surface area contributed by atoms with Crippen LogP contribution >= 0.6 is 0 Å². The van der Waals surface area contributed by atoms with E-state index in [1.54, 1.807) is 37.4 Å². The average molecular weight is 463 g/mol. The lowest BCUT2D eigenvalue weighted by Gasteiger charge is -2.24. The molecule has 33 heavy (non-hydrogen) atoms. The quantitative estimate of drug-likeness (QED) is 0.574. The molecule has 1 saturated heterocycles. The molecule has 3 heterocycles. The molecule has 1 fully saturated rings. The predicted molar refractivity (Wildman–Crippen MR) is 115 cm³/mol. The predicted octanol–water partition coefficient (Wildman–Crippen LogP) is 4.00. The minimum Gasteiger partial charge on any atom is -0.444 e. The Balaban J connectivity index is 1.74. The van der Waals surface area contributed by atoms with Crippen molar-refractivity contribution in [3.63, 3.8) is 0 Å². The third kappa shape index (κ3) is 4.44. The highest BCUT2D eigenvalue weighted by molar-refractivity contribution is 5.89. The van der Waals surface area contributed by atoms with E-state index in [9.17, 15) is 22.8 Å². The Bertz CT molecular complexity index is 1260. The summed E-state index contributed by atoms with van der Waals surface area (Å²) in [6.45, 7) is 6.06. The molecular formula is C22H24F3N5O3. The average Bonchev–Trinajstić information content (AvgIpc) is 3.34. The third-order valence-corrected chi connectivity index (χ3v) is 5.42. The lowest BCUT2D eigenvalue weighted by atomic mass is 10.1. The van der Waals surface area contributed by atoms with Crippen LogP contribution in [0.25, 0.3) is 22.3 Å². The van der Waals surface area contributed by atoms with Gasteiger partial charge in [-0.05, 0) is 39.3 Å². The normalized spacial score (nSPS) is 17.1. The summed E-state index contributed by atoms with van der Waals surface area (Å²) in [5.74, 6) is 0. The van der Waals surface area contributed by atoms with E-state index in [0.29, 0.717) is 29.7 Å². The second-order valence-corrected chi connectivity index (χ2v) is 9.09. The minimum absolute atomic E-state index is 0.242. The van der Waals surface area contributed by atoms with Crippen molar-refractivity contribution >= 4 is 17.1 Å². The van der Waals surface area contributed by atoms with E-state index in [4.69, 9.17) is 4.74 Å². The molecule has 0 N–H and O–H groups in total. The number of ether oxygens (including phenoxy) is 1. The number of rotatable bonds is 2. The van der Waals surface area contributed by atoms with Crippen molar-refractivity contribution in [2.45, 2.75) is 45.0 Å². The highest BCUT2D eigenvalue weighted by Crippen LogP contribution is 2.33. The number of aromatic nitrogens is 4. The molecule has 11 heteroatoms. The van der Waals surface area contributed by atoms with Crippen molar-refractivity contribution in [3.05, 3.63) is 46.5 Å². The fourth-order valence-corrected chi connectivity index (χ4v) is 3.82. The number of aryl methyl sites for hydroxylation is 1. The number of alkyl halides is 3. The summed E-state index contributed by atoms with van der Waals surface area (Å²) in [6.07, 6.45) is -3.01. The molecule has 1 atom stereocenters. The van der Waals surface area contributed by atoms with E-state index in [1.807, 2.05) is 0 Å². The van der Waals surface area contributed by atoms with Crippen molar-refractivity contribution < 1.29 is 22.7 Å². The molecule has 1 amide bonds. The summed E-state index contributed by atoms with van der Waals surface area (Å²) < 4.78 is 47.2. The minimum atomic E-state index is -4.46. The Morgan fingerprint density at radius 1 is 1.15 bits per heavy atom. The Kier molecular flexibility index (Phi) is 5.45. The highest BCUT2D eigenvalue weighted by atomic mass is 19.4. The van der Waals surface area contributed by atoms with Crippen molar-refractivity contribution in [1.82, 2.24) is 24.2 Å². The van der Waals surface area contributed by atoms with E-state index in [0.717, 1.165) is 12.1 Å². The molecule has 1 aliphatic rings. The first-order valence-corrected chi connectivity index (χ1v) is 10.4. The first-order chi connectivity index (χ1) is 15.3. The first-order valence-electron chi connectivity index (χ1n) is 10.4. The van der Waals surface area contributed by atoms with Gasteiger partial charge in [-0.1, -0.05) is 12.1 Å². The molecule has 0 radical (unpaired) electrons. The van der Waals surface area contributed by atoms with Crippen molar-refractivity contribution in [2.24, 2.45) is 7.05 Å². The molecule has 4 rings (SSSR count). The maximum Gasteiger partial charge on any atom is 0.416 e. The van der Waals surface area contributed by atoms with Crippen molar-refractivity contribution in [2.75, 3.05) is 13.1 Å². The zero-order valence-electron chi connectivity index (χ0n) is 18.7. The summed E-state index contributed by atoms with van der Waals surface area (Å²) in [6, 6.07) is 4.27. The van der Waals surface area contributed by atoms with Crippen LogP contribution in [0.5, 0.6) is 0 Å². The number of carbonyl (C=O) groups excluding carboxylic acids is 1. The Morgan fingerprint density at radius 2 is 1.82 bits per heavy atom. The zero-order chi connectivity index (χ0) is 24.1. The van der Waals surface area contributed by atoms with Crippen LogP contribution in [0, 0.1) is 0 Å². The zero-order valence-corrected chi connectivity index (χ0v) is 18.7. The van der Waals surface area contributed by atoms with Crippen molar-refractivity contribution in [3.8, 4) is 11.3 Å². The number of hydrogen-bond donors (Lipinski definition) is 0. The summed E-state index contributed by atoms with van der Waals surface area (Å²) >= 11 is 0. The molecule has 8 nitrogen and oxygen atoms in total. The van der Waals surface area contributed by atoms with Crippen LogP contribution in [0.2, 0.25) is 0 Å². The molecule has 176 valence electrons. The lowest BCUT2D eigenvalue weighted by molar-refractivity contribution is -0.137. The van der Waals surface area contributed by atoms with Gasteiger partial charge in [0.25, 0.3) is 5.56 Å². The fraction of sp³-hybridized carbons (Fsp3) is 0.455. The van der Waals surface area contributed by atoms with Crippen LogP contribution in [-0.4, -0.2) is 49.0 Å². The van der Waals surface area contributed by atoms with Crippen molar-refractivity contribution in [1.29, 1.82) is 0 Å². The Morgan fingerprint density at radius 3 is 2.42 bits per heavy atom. The SMILES string of the molecule is Cn1cnc2c(-c3ccc(C(F)(F)F)cc3)nn(C3CCN(C(=O)OC(C)(C)C)C3)c2c1=O. The van der Waals surface area contributed by atoms with Gasteiger partial charge in [0, 0.05) is 25.7 Å². The van der Waals surface area contributed by atoms with E-state index in [2.05, 4.69) is 10.1 Å². The van der Waals surface area contributed by atoms with E-state index in [1.165, 1.54) is 23.0 Å². The van der Waals surface area contributed by atoms with Crippen LogP contribution in [-0.2, 0) is 18.0 Å². The van der Waals surface area contributed by atoms with E-state index >= 15 is 0 Å². The molecule has 0 saturated carbocycles. The van der Waals surface area contributed by atoms with Gasteiger partial charge in [0.1, 0.15) is 16.8 Å². The van der Waals surface area contributed by atoms with Crippen LogP contribution in [0.15, 0.2) is 35.4 Å². The molecular weight excluding hydrogens is 439 g/mol. The molecule has 1 aromatic carbocycles. The second-order valence-electron chi connectivity index (χ2n) is 9.09. The summed E-state index contributed by atoms with van der Waals surface area (Å²) in [5.41, 5.74) is -0.478. The molecule has 1 aliphatic heterocycles. The standard InChI is InChI=1S/C22H24F3N5O3/c1-21(2,3)33-20(32)29-10-9-15(11-29)30-18-17(26-12-28(4)19(18)31)16(27-30)13-5-7-14(8-6-13)22(23,24)25/h5-8,12,15H,9-11H2,1-4H3. The van der Waals surface area contributed by atoms with Gasteiger partial charge < -0.3 is 14.2 Å². The number of fused-ring (bicyclic) bond motifs is 1. The number of likely N-dealkylation sites (tertiary alicyclic amines) is 1. The van der Waals surface area contributed by atoms with Gasteiger partial charge in [-0.15, -0.1) is 0 Å². The van der Waals surface area contributed by atoms with Gasteiger partial charge in [0.15, 0.2) is 5.52 Å². The second kappa shape index (κ2) is 7.89. The monoisotopic (exact) mass is 463 g/mol. The lowest BCUT2D eigenvalue weighted by Crippen LogP contribution is -2.35. The number of benzene rings is 1. The first kappa shape index (κ1) is 22.8. The maximum absolute atomic E-state index is 13.0. The van der Waals surface area contributed by atoms with Gasteiger partial charge in [-0.25, -0.2) is 9.78 Å². The number of nitrogens with zero attached hydrogens (tertiary/aromatic N) is 5. The maximum atomic E-state index is 13.0. The molecule has 2 aromatic heterocycles. The molecule has 0 spiro atoms. The molecule has 0 bridgehead atoms. The molecule has 3 aromatic rings. The number of hydrogen-bond acceptors (Lipinski definition) is 5. The number of carbonyl (C=O) groups is 1. The summed E-state index contributed by atoms with van der Waals surface area (Å²) in [4.78, 5) is 31.3. The third-order valence-electron chi connectivity index (χ3n) is 5.42. The van der Waals surface area contributed by atoms with Gasteiger partial charge in [-0.3, -0.25) is 9.48 Å². The van der Waals surface area contributed by atoms with Crippen LogP contribution in [0.3, 0.4) is 0 Å². The Hall–Kier alpha value is -3.37. The molecule has 0 aliphatic carbocycles. The Labute approximate surface area is 187 Å². The van der Waals surface area contributed by atoms with Gasteiger partial charge in [0.05, 0.1) is 17.9 Å². The van der Waals surface area contributed by atoms with Gasteiger partial charge in [-0.2, -0.15) is 18.3 Å². The van der Waals surface area contributed by atoms with Crippen LogP contribution < -0.4 is 5.56 Å². The van der Waals surface area contributed by atoms with Crippen LogP contribution in [0.1, 0.15) is 38.8 Å². The number of amides is 1. The fourth-order valence-electron chi connectivity index (χ4n) is 3.82. The van der Waals surface area contributed by atoms with Gasteiger partial charge >= 0.3 is 12.3 Å². The summed E-state index contributed by atoms with van der Waals surface area (Å²) in [7, 11) is 1.56. The number of halogens is 3. The molecule has 1 unspecified atom stereocenters. The smallest absolute Gasteiger partial charge is 0.416 e. The highest BCUT2D eigenvalue weighted by Gasteiger charge is 2.34. The topological polar surface area (TPSA) is 82.2 Å². The largest absolute Gasteiger partial charge is 0.444 e. The van der Waals surface area contributed by atoms with E-state index < -0.39 is 23.4 Å².